The van der Waals surface area contributed by atoms with E-state index in [-0.39, 0.29) is 17.5 Å². The molecule has 0 aliphatic heterocycles. The van der Waals surface area contributed by atoms with Gasteiger partial charge in [0.2, 0.25) is 11.8 Å². The molecule has 0 bridgehead atoms. The van der Waals surface area contributed by atoms with Crippen LogP contribution in [0.5, 0.6) is 0 Å². The van der Waals surface area contributed by atoms with Crippen molar-refractivity contribution in [1.82, 2.24) is 10.6 Å². The van der Waals surface area contributed by atoms with Crippen LogP contribution in [0.15, 0.2) is 48.5 Å². The van der Waals surface area contributed by atoms with Gasteiger partial charge in [-0.25, -0.2) is 9.18 Å². The second-order valence-corrected chi connectivity index (χ2v) is 6.99. The normalized spacial score (nSPS) is 13.1. The molecule has 2 aromatic rings. The minimum atomic E-state index is -4.66. The zero-order valence-corrected chi connectivity index (χ0v) is 17.3. The molecule has 0 aliphatic carbocycles. The van der Waals surface area contributed by atoms with Crippen LogP contribution in [0.25, 0.3) is 0 Å². The van der Waals surface area contributed by atoms with E-state index in [9.17, 15) is 31.9 Å². The number of hydrogen-bond acceptors (Lipinski definition) is 4. The SMILES string of the molecule is COC(=O)[C@H](Cc1ccccc1C(F)(F)F)NC(=O)[C@H](Cc1ccccc1F)NC(C)=O. The first-order valence-corrected chi connectivity index (χ1v) is 9.56. The molecule has 10 heteroatoms. The average molecular weight is 454 g/mol. The molecular formula is C22H22F4N2O4. The van der Waals surface area contributed by atoms with Gasteiger partial charge in [-0.3, -0.25) is 9.59 Å². The fourth-order valence-electron chi connectivity index (χ4n) is 3.14. The summed E-state index contributed by atoms with van der Waals surface area (Å²) in [5.74, 6) is -3.02. The molecule has 0 radical (unpaired) electrons. The van der Waals surface area contributed by atoms with Crippen molar-refractivity contribution in [2.24, 2.45) is 0 Å². The van der Waals surface area contributed by atoms with Crippen molar-refractivity contribution in [3.63, 3.8) is 0 Å². The highest BCUT2D eigenvalue weighted by Gasteiger charge is 2.35. The summed E-state index contributed by atoms with van der Waals surface area (Å²) >= 11 is 0. The van der Waals surface area contributed by atoms with Crippen molar-refractivity contribution in [3.05, 3.63) is 71.0 Å². The van der Waals surface area contributed by atoms with E-state index in [1.54, 1.807) is 6.07 Å². The minimum absolute atomic E-state index is 0.137. The van der Waals surface area contributed by atoms with Crippen LogP contribution < -0.4 is 10.6 Å². The Kier molecular flexibility index (Phi) is 8.34. The van der Waals surface area contributed by atoms with E-state index in [0.717, 1.165) is 20.1 Å². The van der Waals surface area contributed by atoms with Crippen molar-refractivity contribution in [1.29, 1.82) is 0 Å². The first-order valence-electron chi connectivity index (χ1n) is 9.56. The number of rotatable bonds is 8. The van der Waals surface area contributed by atoms with Gasteiger partial charge < -0.3 is 15.4 Å². The van der Waals surface area contributed by atoms with E-state index in [0.29, 0.717) is 0 Å². The van der Waals surface area contributed by atoms with Gasteiger partial charge in [-0.2, -0.15) is 13.2 Å². The van der Waals surface area contributed by atoms with Crippen LogP contribution in [0.2, 0.25) is 0 Å². The monoisotopic (exact) mass is 454 g/mol. The highest BCUT2D eigenvalue weighted by molar-refractivity contribution is 5.90. The third-order valence-electron chi connectivity index (χ3n) is 4.62. The third-order valence-corrected chi connectivity index (χ3v) is 4.62. The van der Waals surface area contributed by atoms with Crippen molar-refractivity contribution < 1.29 is 36.7 Å². The molecule has 2 amide bonds. The Morgan fingerprint density at radius 2 is 1.47 bits per heavy atom. The number of amides is 2. The fourth-order valence-corrected chi connectivity index (χ4v) is 3.14. The summed E-state index contributed by atoms with van der Waals surface area (Å²) in [7, 11) is 1.03. The number of esters is 1. The van der Waals surface area contributed by atoms with Crippen molar-refractivity contribution in [3.8, 4) is 0 Å². The molecule has 0 aliphatic rings. The molecule has 2 aromatic carbocycles. The van der Waals surface area contributed by atoms with Crippen LogP contribution in [-0.4, -0.2) is 37.0 Å². The molecule has 0 saturated carbocycles. The van der Waals surface area contributed by atoms with Gasteiger partial charge in [0.15, 0.2) is 0 Å². The van der Waals surface area contributed by atoms with Gasteiger partial charge in [-0.15, -0.1) is 0 Å². The lowest BCUT2D eigenvalue weighted by atomic mass is 9.99. The van der Waals surface area contributed by atoms with Gasteiger partial charge in [-0.1, -0.05) is 36.4 Å². The molecular weight excluding hydrogens is 432 g/mol. The Labute approximate surface area is 181 Å². The number of benzene rings is 2. The van der Waals surface area contributed by atoms with E-state index in [4.69, 9.17) is 0 Å². The quantitative estimate of drug-likeness (QED) is 0.475. The highest BCUT2D eigenvalue weighted by Crippen LogP contribution is 2.32. The Morgan fingerprint density at radius 3 is 2.03 bits per heavy atom. The largest absolute Gasteiger partial charge is 0.467 e. The van der Waals surface area contributed by atoms with Gasteiger partial charge in [-0.05, 0) is 23.3 Å². The molecule has 2 rings (SSSR count). The molecule has 32 heavy (non-hydrogen) atoms. The predicted octanol–water partition coefficient (Wildman–Crippen LogP) is 2.79. The summed E-state index contributed by atoms with van der Waals surface area (Å²) in [4.78, 5) is 36.6. The first-order chi connectivity index (χ1) is 15.0. The minimum Gasteiger partial charge on any atom is -0.467 e. The zero-order valence-electron chi connectivity index (χ0n) is 17.3. The van der Waals surface area contributed by atoms with Crippen LogP contribution in [-0.2, 0) is 38.1 Å². The number of nitrogens with one attached hydrogen (secondary N) is 2. The Bertz CT molecular complexity index is 978. The van der Waals surface area contributed by atoms with E-state index < -0.39 is 53.8 Å². The standard InChI is InChI=1S/C22H22F4N2O4/c1-13(29)27-18(12-15-8-4-6-10-17(15)23)20(30)28-19(21(31)32-2)11-14-7-3-5-9-16(14)22(24,25)26/h3-10,18-19H,11-12H2,1-2H3,(H,27,29)(H,28,30)/t18-,19-/m0/s1. The lowest BCUT2D eigenvalue weighted by Crippen LogP contribution is -2.53. The maximum atomic E-state index is 14.0. The van der Waals surface area contributed by atoms with Crippen molar-refractivity contribution in [2.75, 3.05) is 7.11 Å². The highest BCUT2D eigenvalue weighted by atomic mass is 19.4. The second-order valence-electron chi connectivity index (χ2n) is 6.99. The van der Waals surface area contributed by atoms with E-state index >= 15 is 0 Å². The average Bonchev–Trinajstić information content (AvgIpc) is 2.73. The number of halogens is 4. The van der Waals surface area contributed by atoms with Gasteiger partial charge in [0.25, 0.3) is 0 Å². The Morgan fingerprint density at radius 1 is 0.906 bits per heavy atom. The van der Waals surface area contributed by atoms with E-state index in [2.05, 4.69) is 15.4 Å². The third kappa shape index (κ3) is 6.79. The fraction of sp³-hybridized carbons (Fsp3) is 0.318. The molecule has 0 heterocycles. The maximum absolute atomic E-state index is 14.0. The van der Waals surface area contributed by atoms with Crippen LogP contribution in [0.4, 0.5) is 17.6 Å². The Hall–Kier alpha value is -3.43. The van der Waals surface area contributed by atoms with E-state index in [1.807, 2.05) is 0 Å². The lowest BCUT2D eigenvalue weighted by molar-refractivity contribution is -0.146. The molecule has 0 fully saturated rings. The summed E-state index contributed by atoms with van der Waals surface area (Å²) in [5.41, 5.74) is -1.03. The number of carbonyl (C=O) groups is 3. The van der Waals surface area contributed by atoms with Crippen LogP contribution in [0.1, 0.15) is 23.6 Å². The van der Waals surface area contributed by atoms with Gasteiger partial charge in [0, 0.05) is 19.8 Å². The summed E-state index contributed by atoms with van der Waals surface area (Å²) in [6, 6.07) is 7.52. The number of carbonyl (C=O) groups excluding carboxylic acids is 3. The molecule has 2 N–H and O–H groups in total. The van der Waals surface area contributed by atoms with Crippen LogP contribution in [0, 0.1) is 5.82 Å². The van der Waals surface area contributed by atoms with Crippen LogP contribution in [0.3, 0.4) is 0 Å². The number of ether oxygens (including phenoxy) is 1. The maximum Gasteiger partial charge on any atom is 0.416 e. The van der Waals surface area contributed by atoms with Crippen molar-refractivity contribution >= 4 is 17.8 Å². The van der Waals surface area contributed by atoms with Crippen molar-refractivity contribution in [2.45, 2.75) is 38.0 Å². The summed E-state index contributed by atoms with van der Waals surface area (Å²) in [6.45, 7) is 1.15. The molecule has 0 spiro atoms. The van der Waals surface area contributed by atoms with E-state index in [1.165, 1.54) is 36.4 Å². The number of alkyl halides is 3. The predicted molar refractivity (Wildman–Crippen MR) is 107 cm³/mol. The summed E-state index contributed by atoms with van der Waals surface area (Å²) in [5, 5.41) is 4.69. The van der Waals surface area contributed by atoms with Gasteiger partial charge >= 0.3 is 12.1 Å². The number of methoxy groups -OCH3 is 1. The van der Waals surface area contributed by atoms with Gasteiger partial charge in [0.1, 0.15) is 17.9 Å². The van der Waals surface area contributed by atoms with Crippen LogP contribution >= 0.6 is 0 Å². The molecule has 0 aromatic heterocycles. The summed E-state index contributed by atoms with van der Waals surface area (Å²) in [6.07, 6.45) is -5.39. The molecule has 0 saturated heterocycles. The lowest BCUT2D eigenvalue weighted by Gasteiger charge is -2.23. The Balaban J connectivity index is 2.28. The topological polar surface area (TPSA) is 84.5 Å². The summed E-state index contributed by atoms with van der Waals surface area (Å²) < 4.78 is 58.6. The molecule has 6 nitrogen and oxygen atoms in total. The first kappa shape index (κ1) is 24.8. The molecule has 172 valence electrons. The second kappa shape index (κ2) is 10.7. The van der Waals surface area contributed by atoms with Gasteiger partial charge in [0.05, 0.1) is 12.7 Å². The smallest absolute Gasteiger partial charge is 0.416 e. The number of hydrogen-bond donors (Lipinski definition) is 2. The molecule has 2 atom stereocenters. The molecule has 0 unspecified atom stereocenters. The zero-order chi connectivity index (χ0) is 23.9.